The number of nitriles is 1. The van der Waals surface area contributed by atoms with Gasteiger partial charge < -0.3 is 15.3 Å². The highest BCUT2D eigenvalue weighted by molar-refractivity contribution is 7.13. The molecule has 3 aliphatic rings. The van der Waals surface area contributed by atoms with Crippen LogP contribution in [-0.4, -0.2) is 63.2 Å². The first-order chi connectivity index (χ1) is 18.8. The molecule has 10 heteroatoms. The summed E-state index contributed by atoms with van der Waals surface area (Å²) in [6.07, 6.45) is 0.785. The Morgan fingerprint density at radius 2 is 1.93 bits per heavy atom. The Morgan fingerprint density at radius 1 is 1.25 bits per heavy atom. The van der Waals surface area contributed by atoms with E-state index >= 15 is 0 Å². The number of aliphatic hydroxyl groups excluding tert-OH is 1. The second-order valence-electron chi connectivity index (χ2n) is 12.6. The molecule has 0 radical (unpaired) electrons. The molecule has 5 rings (SSSR count). The number of likely N-dealkylation sites (tertiary alicyclic amines) is 1. The molecule has 3 heterocycles. The lowest BCUT2D eigenvalue weighted by atomic mass is 9.78. The second-order valence-corrected chi connectivity index (χ2v) is 13.5. The molecule has 3 amide bonds. The summed E-state index contributed by atoms with van der Waals surface area (Å²) < 4.78 is 0. The summed E-state index contributed by atoms with van der Waals surface area (Å²) in [5.74, 6) is -1.05. The van der Waals surface area contributed by atoms with E-state index in [2.05, 4.69) is 21.4 Å². The van der Waals surface area contributed by atoms with Crippen molar-refractivity contribution in [3.8, 4) is 16.5 Å². The molecule has 2 fully saturated rings. The van der Waals surface area contributed by atoms with Crippen LogP contribution in [0.1, 0.15) is 64.6 Å². The van der Waals surface area contributed by atoms with Crippen molar-refractivity contribution >= 4 is 34.8 Å². The van der Waals surface area contributed by atoms with E-state index in [1.54, 1.807) is 16.2 Å². The number of aliphatic imine (C=N–C) groups is 1. The molecule has 1 saturated heterocycles. The molecule has 0 spiro atoms. The molecule has 210 valence electrons. The number of β-amino-alcohol motifs (C(OH)–C–C–N with tert-alkyl or cyclic N) is 1. The van der Waals surface area contributed by atoms with E-state index in [4.69, 9.17) is 0 Å². The summed E-state index contributed by atoms with van der Waals surface area (Å²) >= 11 is 1.57. The summed E-state index contributed by atoms with van der Waals surface area (Å²) in [6, 6.07) is 8.52. The summed E-state index contributed by atoms with van der Waals surface area (Å²) in [6.45, 7) is 9.48. The van der Waals surface area contributed by atoms with Gasteiger partial charge in [0.2, 0.25) is 11.8 Å². The Kier molecular flexibility index (Phi) is 6.95. The third-order valence-electron chi connectivity index (χ3n) is 8.52. The highest BCUT2D eigenvalue weighted by Crippen LogP contribution is 2.45. The Labute approximate surface area is 238 Å². The van der Waals surface area contributed by atoms with E-state index in [9.17, 15) is 24.8 Å². The van der Waals surface area contributed by atoms with E-state index in [0.717, 1.165) is 21.7 Å². The minimum absolute atomic E-state index is 0.0855. The SMILES string of the molecule is Cc1ncsc1-c1ccc([C@]2(C)CC([C@@H]3C[C@@H](O)CN3C(=O)[C@@H](NC(=O)C3(C#N)CC3)C(C)(C)C)=NC2=O)cc1. The first-order valence-corrected chi connectivity index (χ1v) is 14.5. The molecule has 2 aliphatic heterocycles. The molecule has 9 nitrogen and oxygen atoms in total. The third-order valence-corrected chi connectivity index (χ3v) is 9.49. The molecule has 40 heavy (non-hydrogen) atoms. The van der Waals surface area contributed by atoms with Gasteiger partial charge in [-0.15, -0.1) is 11.3 Å². The van der Waals surface area contributed by atoms with Crippen LogP contribution in [0.4, 0.5) is 0 Å². The van der Waals surface area contributed by atoms with E-state index in [1.807, 2.05) is 64.4 Å². The summed E-state index contributed by atoms with van der Waals surface area (Å²) in [4.78, 5) is 51.6. The average Bonchev–Trinajstić information content (AvgIpc) is 3.28. The van der Waals surface area contributed by atoms with Crippen LogP contribution >= 0.6 is 11.3 Å². The maximum atomic E-state index is 13.9. The number of thiazole rings is 1. The normalized spacial score (nSPS) is 26.3. The fourth-order valence-corrected chi connectivity index (χ4v) is 6.50. The lowest BCUT2D eigenvalue weighted by molar-refractivity contribution is -0.140. The Hall–Kier alpha value is -3.42. The number of nitrogens with one attached hydrogen (secondary N) is 1. The zero-order valence-corrected chi connectivity index (χ0v) is 24.3. The Morgan fingerprint density at radius 3 is 2.48 bits per heavy atom. The minimum atomic E-state index is -1.06. The lowest BCUT2D eigenvalue weighted by Gasteiger charge is -2.36. The van der Waals surface area contributed by atoms with Crippen LogP contribution in [0.3, 0.4) is 0 Å². The Bertz CT molecular complexity index is 1430. The number of aryl methyl sites for hydroxylation is 1. The predicted molar refractivity (Wildman–Crippen MR) is 151 cm³/mol. The first-order valence-electron chi connectivity index (χ1n) is 13.6. The number of hydrogen-bond acceptors (Lipinski definition) is 7. The highest BCUT2D eigenvalue weighted by Gasteiger charge is 2.54. The van der Waals surface area contributed by atoms with Gasteiger partial charge in [0, 0.05) is 25.1 Å². The average molecular weight is 562 g/mol. The lowest BCUT2D eigenvalue weighted by Crippen LogP contribution is -2.57. The molecule has 1 aromatic carbocycles. The molecule has 2 aromatic rings. The van der Waals surface area contributed by atoms with Crippen molar-refractivity contribution in [2.24, 2.45) is 15.8 Å². The molecule has 1 saturated carbocycles. The van der Waals surface area contributed by atoms with Gasteiger partial charge in [0.15, 0.2) is 0 Å². The minimum Gasteiger partial charge on any atom is -0.391 e. The first kappa shape index (κ1) is 28.1. The number of rotatable bonds is 6. The van der Waals surface area contributed by atoms with Gasteiger partial charge in [-0.25, -0.2) is 9.98 Å². The summed E-state index contributed by atoms with van der Waals surface area (Å²) in [5.41, 5.74) is 2.62. The van der Waals surface area contributed by atoms with Gasteiger partial charge in [-0.2, -0.15) is 5.26 Å². The number of aromatic nitrogens is 1. The molecule has 0 unspecified atom stereocenters. The van der Waals surface area contributed by atoms with Gasteiger partial charge in [0.05, 0.1) is 39.7 Å². The molecular formula is C30H35N5O4S. The monoisotopic (exact) mass is 561 g/mol. The van der Waals surface area contributed by atoms with Crippen LogP contribution < -0.4 is 5.32 Å². The number of hydrogen-bond donors (Lipinski definition) is 2. The topological polar surface area (TPSA) is 136 Å². The Balaban J connectivity index is 1.37. The largest absolute Gasteiger partial charge is 0.391 e. The van der Waals surface area contributed by atoms with Crippen molar-refractivity contribution in [1.29, 1.82) is 5.26 Å². The quantitative estimate of drug-likeness (QED) is 0.554. The smallest absolute Gasteiger partial charge is 0.256 e. The molecule has 1 aromatic heterocycles. The standard InChI is InChI=1S/C30H35N5O4S/c1-17-23(40-16-32-17)18-6-8-19(9-7-18)29(5)13-21(33-26(29)38)22-12-20(36)14-35(22)25(37)24(28(2,3)4)34-27(39)30(15-31)10-11-30/h6-9,16,20,22,24,36H,10-14H2,1-5H3,(H,34,39)/t20-,22+,24-,29+/m1/s1. The summed E-state index contributed by atoms with van der Waals surface area (Å²) in [7, 11) is 0. The van der Waals surface area contributed by atoms with Gasteiger partial charge in [-0.05, 0) is 43.2 Å². The molecule has 2 N–H and O–H groups in total. The predicted octanol–water partition coefficient (Wildman–Crippen LogP) is 3.54. The van der Waals surface area contributed by atoms with Crippen LogP contribution in [0.5, 0.6) is 0 Å². The number of nitrogens with zero attached hydrogens (tertiary/aromatic N) is 4. The van der Waals surface area contributed by atoms with Crippen molar-refractivity contribution in [1.82, 2.24) is 15.2 Å². The number of carbonyl (C=O) groups is 3. The van der Waals surface area contributed by atoms with Crippen LogP contribution in [-0.2, 0) is 19.8 Å². The van der Waals surface area contributed by atoms with Crippen LogP contribution in [0, 0.1) is 29.1 Å². The zero-order valence-electron chi connectivity index (χ0n) is 23.5. The fraction of sp³-hybridized carbons (Fsp3) is 0.533. The second kappa shape index (κ2) is 9.89. The van der Waals surface area contributed by atoms with Crippen molar-refractivity contribution in [2.75, 3.05) is 6.54 Å². The van der Waals surface area contributed by atoms with E-state index in [1.165, 1.54) is 0 Å². The van der Waals surface area contributed by atoms with Gasteiger partial charge in [0.1, 0.15) is 11.5 Å². The number of aliphatic hydroxyl groups is 1. The van der Waals surface area contributed by atoms with Gasteiger partial charge in [-0.1, -0.05) is 45.0 Å². The third kappa shape index (κ3) is 4.86. The number of benzene rings is 1. The van der Waals surface area contributed by atoms with Gasteiger partial charge in [0.25, 0.3) is 5.91 Å². The summed E-state index contributed by atoms with van der Waals surface area (Å²) in [5, 5.41) is 22.9. The van der Waals surface area contributed by atoms with E-state index in [-0.39, 0.29) is 24.8 Å². The van der Waals surface area contributed by atoms with Crippen molar-refractivity contribution in [3.63, 3.8) is 0 Å². The molecule has 1 aliphatic carbocycles. The van der Waals surface area contributed by atoms with Crippen LogP contribution in [0.2, 0.25) is 0 Å². The van der Waals surface area contributed by atoms with Crippen molar-refractivity contribution in [2.45, 2.75) is 83.9 Å². The van der Waals surface area contributed by atoms with Crippen LogP contribution in [0.15, 0.2) is 34.8 Å². The maximum Gasteiger partial charge on any atom is 0.256 e. The van der Waals surface area contributed by atoms with Crippen molar-refractivity contribution in [3.05, 3.63) is 41.0 Å². The highest BCUT2D eigenvalue weighted by atomic mass is 32.1. The van der Waals surface area contributed by atoms with Gasteiger partial charge >= 0.3 is 0 Å². The number of amides is 3. The van der Waals surface area contributed by atoms with Crippen molar-refractivity contribution < 1.29 is 19.5 Å². The molecule has 4 atom stereocenters. The zero-order chi connectivity index (χ0) is 29.0. The fourth-order valence-electron chi connectivity index (χ4n) is 5.69. The molecule has 0 bridgehead atoms. The van der Waals surface area contributed by atoms with Crippen LogP contribution in [0.25, 0.3) is 10.4 Å². The van der Waals surface area contributed by atoms with Gasteiger partial charge in [-0.3, -0.25) is 14.4 Å². The molecular weight excluding hydrogens is 526 g/mol. The maximum absolute atomic E-state index is 13.9. The number of carbonyl (C=O) groups excluding carboxylic acids is 3. The van der Waals surface area contributed by atoms with E-state index in [0.29, 0.717) is 25.0 Å². The van der Waals surface area contributed by atoms with E-state index < -0.39 is 40.3 Å².